The van der Waals surface area contributed by atoms with Crippen LogP contribution in [0.2, 0.25) is 0 Å². The molecule has 1 amide bonds. The molecule has 0 spiro atoms. The molecule has 128 valence electrons. The number of benzene rings is 1. The molecule has 1 N–H and O–H groups in total. The molecule has 1 aromatic heterocycles. The van der Waals surface area contributed by atoms with Crippen LogP contribution in [0.15, 0.2) is 18.2 Å². The molecule has 0 aliphatic carbocycles. The summed E-state index contributed by atoms with van der Waals surface area (Å²) in [6, 6.07) is 6.24. The van der Waals surface area contributed by atoms with E-state index in [0.717, 1.165) is 42.2 Å². The van der Waals surface area contributed by atoms with Gasteiger partial charge in [0.1, 0.15) is 5.75 Å². The lowest BCUT2D eigenvalue weighted by Gasteiger charge is -2.23. The van der Waals surface area contributed by atoms with E-state index in [4.69, 9.17) is 4.74 Å². The largest absolute Gasteiger partial charge is 0.497 e. The van der Waals surface area contributed by atoms with Gasteiger partial charge in [0.05, 0.1) is 19.2 Å². The van der Waals surface area contributed by atoms with Crippen LogP contribution in [0.3, 0.4) is 0 Å². The van der Waals surface area contributed by atoms with Crippen LogP contribution in [0.4, 0.5) is 0 Å². The first kappa shape index (κ1) is 16.6. The first-order valence-corrected chi connectivity index (χ1v) is 8.44. The van der Waals surface area contributed by atoms with Gasteiger partial charge in [-0.3, -0.25) is 9.89 Å². The van der Waals surface area contributed by atoms with E-state index in [0.29, 0.717) is 12.3 Å². The van der Waals surface area contributed by atoms with E-state index in [1.165, 1.54) is 11.1 Å². The third kappa shape index (κ3) is 3.16. The normalized spacial score (nSPS) is 17.3. The smallest absolute Gasteiger partial charge is 0.227 e. The van der Waals surface area contributed by atoms with E-state index in [9.17, 15) is 4.79 Å². The maximum Gasteiger partial charge on any atom is 0.227 e. The average Bonchev–Trinajstić information content (AvgIpc) is 2.80. The number of fused-ring (bicyclic) bond motifs is 1. The van der Waals surface area contributed by atoms with Gasteiger partial charge in [-0.2, -0.15) is 5.10 Å². The summed E-state index contributed by atoms with van der Waals surface area (Å²) >= 11 is 0. The number of aromatic amines is 1. The van der Waals surface area contributed by atoms with Gasteiger partial charge in [0.15, 0.2) is 0 Å². The van der Waals surface area contributed by atoms with Crippen molar-refractivity contribution in [2.75, 3.05) is 20.2 Å². The Morgan fingerprint density at radius 2 is 2.21 bits per heavy atom. The van der Waals surface area contributed by atoms with Crippen LogP contribution in [-0.2, 0) is 17.6 Å². The van der Waals surface area contributed by atoms with Crippen molar-refractivity contribution < 1.29 is 9.53 Å². The summed E-state index contributed by atoms with van der Waals surface area (Å²) in [6.45, 7) is 7.60. The number of carbonyl (C=O) groups excluding carboxylic acids is 1. The maximum absolute atomic E-state index is 12.8. The lowest BCUT2D eigenvalue weighted by molar-refractivity contribution is -0.130. The Morgan fingerprint density at radius 3 is 2.88 bits per heavy atom. The van der Waals surface area contributed by atoms with E-state index in [1.54, 1.807) is 7.11 Å². The van der Waals surface area contributed by atoms with Crippen LogP contribution in [0.5, 0.6) is 5.75 Å². The first-order chi connectivity index (χ1) is 11.5. The molecule has 5 heteroatoms. The second-order valence-electron chi connectivity index (χ2n) is 6.64. The number of aromatic nitrogens is 2. The summed E-state index contributed by atoms with van der Waals surface area (Å²) in [7, 11) is 1.69. The van der Waals surface area contributed by atoms with Crippen LogP contribution in [0.1, 0.15) is 40.9 Å². The molecule has 0 bridgehead atoms. The fourth-order valence-corrected chi connectivity index (χ4v) is 3.49. The molecule has 1 aliphatic heterocycles. The van der Waals surface area contributed by atoms with E-state index in [1.807, 2.05) is 24.8 Å². The second kappa shape index (κ2) is 6.67. The van der Waals surface area contributed by atoms with Crippen molar-refractivity contribution in [2.24, 2.45) is 0 Å². The highest BCUT2D eigenvalue weighted by atomic mass is 16.5. The predicted octanol–water partition coefficient (Wildman–Crippen LogP) is 2.77. The highest BCUT2D eigenvalue weighted by molar-refractivity contribution is 5.79. The van der Waals surface area contributed by atoms with Crippen molar-refractivity contribution in [3.8, 4) is 5.75 Å². The molecule has 2 aromatic rings. The fraction of sp³-hybridized carbons (Fsp3) is 0.474. The minimum Gasteiger partial charge on any atom is -0.497 e. The van der Waals surface area contributed by atoms with Crippen LogP contribution in [-0.4, -0.2) is 41.2 Å². The zero-order valence-electron chi connectivity index (χ0n) is 14.8. The zero-order valence-corrected chi connectivity index (χ0v) is 14.8. The number of nitrogens with zero attached hydrogens (tertiary/aromatic N) is 2. The summed E-state index contributed by atoms with van der Waals surface area (Å²) < 4.78 is 5.35. The summed E-state index contributed by atoms with van der Waals surface area (Å²) in [4.78, 5) is 14.8. The Hall–Kier alpha value is -2.30. The zero-order chi connectivity index (χ0) is 17.3. The molecule has 0 fully saturated rings. The number of ether oxygens (including phenoxy) is 1. The van der Waals surface area contributed by atoms with Crippen molar-refractivity contribution in [1.29, 1.82) is 0 Å². The van der Waals surface area contributed by atoms with Gasteiger partial charge in [-0.1, -0.05) is 13.0 Å². The van der Waals surface area contributed by atoms with Crippen LogP contribution >= 0.6 is 0 Å². The molecule has 3 rings (SSSR count). The topological polar surface area (TPSA) is 58.2 Å². The van der Waals surface area contributed by atoms with Gasteiger partial charge in [0.2, 0.25) is 5.91 Å². The molecular formula is C19H25N3O2. The first-order valence-electron chi connectivity index (χ1n) is 8.44. The van der Waals surface area contributed by atoms with Gasteiger partial charge in [-0.05, 0) is 49.4 Å². The monoisotopic (exact) mass is 327 g/mol. The summed E-state index contributed by atoms with van der Waals surface area (Å²) in [6.07, 6.45) is 1.30. The molecule has 1 aromatic carbocycles. The standard InChI is InChI=1S/C19H25N3O2/c1-12-11-22(19(23)10-18-13(2)20-21-14(18)3)8-7-15-5-6-16(24-4)9-17(12)15/h5-6,9,12H,7-8,10-11H2,1-4H3,(H,20,21). The number of amides is 1. The maximum atomic E-state index is 12.8. The van der Waals surface area contributed by atoms with Gasteiger partial charge in [-0.25, -0.2) is 0 Å². The molecule has 0 saturated heterocycles. The predicted molar refractivity (Wildman–Crippen MR) is 93.5 cm³/mol. The average molecular weight is 327 g/mol. The molecule has 5 nitrogen and oxygen atoms in total. The van der Waals surface area contributed by atoms with Crippen molar-refractivity contribution in [3.05, 3.63) is 46.3 Å². The molecule has 1 unspecified atom stereocenters. The number of hydrogen-bond acceptors (Lipinski definition) is 3. The molecular weight excluding hydrogens is 302 g/mol. The second-order valence-corrected chi connectivity index (χ2v) is 6.64. The Labute approximate surface area is 143 Å². The number of rotatable bonds is 3. The third-order valence-electron chi connectivity index (χ3n) is 4.99. The highest BCUT2D eigenvalue weighted by Crippen LogP contribution is 2.29. The number of H-pyrrole nitrogens is 1. The van der Waals surface area contributed by atoms with Gasteiger partial charge < -0.3 is 9.64 Å². The van der Waals surface area contributed by atoms with E-state index >= 15 is 0 Å². The lowest BCUT2D eigenvalue weighted by atomic mass is 9.95. The van der Waals surface area contributed by atoms with Crippen LogP contribution in [0.25, 0.3) is 0 Å². The number of carbonyl (C=O) groups is 1. The Balaban J connectivity index is 1.76. The third-order valence-corrected chi connectivity index (χ3v) is 4.99. The number of nitrogens with one attached hydrogen (secondary N) is 1. The molecule has 0 saturated carbocycles. The van der Waals surface area contributed by atoms with Crippen LogP contribution < -0.4 is 4.74 Å². The fourth-order valence-electron chi connectivity index (χ4n) is 3.49. The number of hydrogen-bond donors (Lipinski definition) is 1. The van der Waals surface area contributed by atoms with Gasteiger partial charge in [0.25, 0.3) is 0 Å². The van der Waals surface area contributed by atoms with E-state index < -0.39 is 0 Å². The van der Waals surface area contributed by atoms with E-state index in [-0.39, 0.29) is 5.91 Å². The molecule has 24 heavy (non-hydrogen) atoms. The van der Waals surface area contributed by atoms with Crippen LogP contribution in [0, 0.1) is 13.8 Å². The lowest BCUT2D eigenvalue weighted by Crippen LogP contribution is -2.35. The quantitative estimate of drug-likeness (QED) is 0.943. The molecule has 2 heterocycles. The van der Waals surface area contributed by atoms with Gasteiger partial charge >= 0.3 is 0 Å². The summed E-state index contributed by atoms with van der Waals surface area (Å²) in [5.41, 5.74) is 5.53. The summed E-state index contributed by atoms with van der Waals surface area (Å²) in [5, 5.41) is 7.15. The molecule has 1 aliphatic rings. The highest BCUT2D eigenvalue weighted by Gasteiger charge is 2.24. The molecule has 1 atom stereocenters. The van der Waals surface area contributed by atoms with Gasteiger partial charge in [0, 0.05) is 24.3 Å². The Kier molecular flexibility index (Phi) is 4.60. The van der Waals surface area contributed by atoms with E-state index in [2.05, 4.69) is 29.3 Å². The van der Waals surface area contributed by atoms with Crippen molar-refractivity contribution in [2.45, 2.75) is 39.5 Å². The Morgan fingerprint density at radius 1 is 1.42 bits per heavy atom. The van der Waals surface area contributed by atoms with Gasteiger partial charge in [-0.15, -0.1) is 0 Å². The summed E-state index contributed by atoms with van der Waals surface area (Å²) in [5.74, 6) is 1.35. The van der Waals surface area contributed by atoms with Crippen molar-refractivity contribution in [3.63, 3.8) is 0 Å². The molecule has 0 radical (unpaired) electrons. The van der Waals surface area contributed by atoms with Crippen molar-refractivity contribution >= 4 is 5.91 Å². The Bertz CT molecular complexity index is 732. The minimum absolute atomic E-state index is 0.175. The number of aryl methyl sites for hydroxylation is 2. The minimum atomic E-state index is 0.175. The SMILES string of the molecule is COc1ccc2c(c1)C(C)CN(C(=O)Cc1c(C)n[nH]c1C)CC2. The number of methoxy groups -OCH3 is 1. The van der Waals surface area contributed by atoms with Crippen molar-refractivity contribution in [1.82, 2.24) is 15.1 Å².